The molecule has 98 valence electrons. The normalized spacial score (nSPS) is 15.2. The average Bonchev–Trinajstić information content (AvgIpc) is 2.60. The van der Waals surface area contributed by atoms with Crippen LogP contribution < -0.4 is 0 Å². The average molecular weight is 254 g/mol. The Hall–Kier alpha value is -1.64. The third-order valence-electron chi connectivity index (χ3n) is 4.01. The van der Waals surface area contributed by atoms with Crippen molar-refractivity contribution in [2.24, 2.45) is 0 Å². The Morgan fingerprint density at radius 2 is 1.37 bits per heavy atom. The molecule has 0 aromatic heterocycles. The highest BCUT2D eigenvalue weighted by Gasteiger charge is 2.41. The molecule has 3 rings (SSSR count). The van der Waals surface area contributed by atoms with Crippen LogP contribution in [0, 0.1) is 13.8 Å². The molecule has 0 saturated heterocycles. The summed E-state index contributed by atoms with van der Waals surface area (Å²) in [6.45, 7) is 4.01. The molecule has 2 aromatic carbocycles. The van der Waals surface area contributed by atoms with Gasteiger partial charge in [0.2, 0.25) is 0 Å². The van der Waals surface area contributed by atoms with E-state index in [-0.39, 0.29) is 6.61 Å². The molecule has 0 bridgehead atoms. The van der Waals surface area contributed by atoms with Crippen LogP contribution in [0.3, 0.4) is 0 Å². The number of rotatable bonds is 2. The molecule has 0 heterocycles. The molecule has 0 unspecified atom stereocenters. The Kier molecular flexibility index (Phi) is 2.73. The Morgan fingerprint density at radius 1 is 0.895 bits per heavy atom. The van der Waals surface area contributed by atoms with E-state index in [1.165, 1.54) is 0 Å². The van der Waals surface area contributed by atoms with Crippen molar-refractivity contribution < 1.29 is 10.2 Å². The lowest BCUT2D eigenvalue weighted by molar-refractivity contribution is 0.0551. The fourth-order valence-electron chi connectivity index (χ4n) is 3.05. The van der Waals surface area contributed by atoms with Crippen LogP contribution in [0.2, 0.25) is 0 Å². The van der Waals surface area contributed by atoms with Gasteiger partial charge < -0.3 is 10.2 Å². The van der Waals surface area contributed by atoms with Crippen molar-refractivity contribution in [3.05, 3.63) is 58.7 Å². The van der Waals surface area contributed by atoms with E-state index in [0.717, 1.165) is 33.4 Å². The molecular formula is C17H18O2. The number of aryl methyl sites for hydroxylation is 2. The van der Waals surface area contributed by atoms with Gasteiger partial charge in [0, 0.05) is 13.0 Å². The van der Waals surface area contributed by atoms with Gasteiger partial charge in [0.15, 0.2) is 0 Å². The van der Waals surface area contributed by atoms with Gasteiger partial charge in [0.1, 0.15) is 5.60 Å². The van der Waals surface area contributed by atoms with Crippen LogP contribution in [0.15, 0.2) is 36.4 Å². The molecule has 0 spiro atoms. The van der Waals surface area contributed by atoms with Gasteiger partial charge in [-0.2, -0.15) is 0 Å². The van der Waals surface area contributed by atoms with E-state index < -0.39 is 5.60 Å². The van der Waals surface area contributed by atoms with Crippen LogP contribution in [0.4, 0.5) is 0 Å². The van der Waals surface area contributed by atoms with Crippen LogP contribution in [0.5, 0.6) is 0 Å². The van der Waals surface area contributed by atoms with E-state index in [1.807, 2.05) is 26.0 Å². The summed E-state index contributed by atoms with van der Waals surface area (Å²) in [6, 6.07) is 12.3. The van der Waals surface area contributed by atoms with E-state index in [0.29, 0.717) is 6.42 Å². The lowest BCUT2D eigenvalue weighted by Crippen LogP contribution is -2.26. The Bertz CT molecular complexity index is 592. The van der Waals surface area contributed by atoms with Crippen molar-refractivity contribution in [1.82, 2.24) is 0 Å². The van der Waals surface area contributed by atoms with Crippen molar-refractivity contribution in [2.75, 3.05) is 6.61 Å². The minimum Gasteiger partial charge on any atom is -0.396 e. The van der Waals surface area contributed by atoms with Gasteiger partial charge in [0.05, 0.1) is 0 Å². The molecule has 1 aliphatic rings. The second-order valence-corrected chi connectivity index (χ2v) is 5.43. The van der Waals surface area contributed by atoms with E-state index in [9.17, 15) is 10.2 Å². The molecule has 0 radical (unpaired) electrons. The predicted octanol–water partition coefficient (Wildman–Crippen LogP) is 2.90. The summed E-state index contributed by atoms with van der Waals surface area (Å²) in [5, 5.41) is 20.4. The number of hydrogen-bond acceptors (Lipinski definition) is 2. The number of aliphatic hydroxyl groups excluding tert-OH is 1. The maximum atomic E-state index is 11.1. The molecule has 0 aliphatic heterocycles. The fourth-order valence-corrected chi connectivity index (χ4v) is 3.05. The lowest BCUT2D eigenvalue weighted by Gasteiger charge is -2.25. The third kappa shape index (κ3) is 1.71. The Labute approximate surface area is 113 Å². The third-order valence-corrected chi connectivity index (χ3v) is 4.01. The summed E-state index contributed by atoms with van der Waals surface area (Å²) in [6.07, 6.45) is 0.333. The summed E-state index contributed by atoms with van der Waals surface area (Å²) >= 11 is 0. The summed E-state index contributed by atoms with van der Waals surface area (Å²) in [5.41, 5.74) is 5.19. The van der Waals surface area contributed by atoms with Crippen LogP contribution in [-0.4, -0.2) is 16.8 Å². The van der Waals surface area contributed by atoms with E-state index >= 15 is 0 Å². The first-order valence-corrected chi connectivity index (χ1v) is 6.62. The monoisotopic (exact) mass is 254 g/mol. The fraction of sp³-hybridized carbons (Fsp3) is 0.294. The minimum atomic E-state index is -1.06. The van der Waals surface area contributed by atoms with Crippen LogP contribution >= 0.6 is 0 Å². The van der Waals surface area contributed by atoms with Gasteiger partial charge >= 0.3 is 0 Å². The summed E-state index contributed by atoms with van der Waals surface area (Å²) in [4.78, 5) is 0. The molecule has 0 atom stereocenters. The van der Waals surface area contributed by atoms with E-state index in [1.54, 1.807) is 0 Å². The molecule has 2 N–H and O–H groups in total. The smallest absolute Gasteiger partial charge is 0.118 e. The van der Waals surface area contributed by atoms with Gasteiger partial charge in [-0.05, 0) is 36.1 Å². The van der Waals surface area contributed by atoms with E-state index in [2.05, 4.69) is 24.3 Å². The molecule has 2 nitrogen and oxygen atoms in total. The maximum Gasteiger partial charge on any atom is 0.118 e. The maximum absolute atomic E-state index is 11.1. The molecule has 2 heteroatoms. The van der Waals surface area contributed by atoms with Crippen molar-refractivity contribution in [2.45, 2.75) is 25.9 Å². The molecule has 0 fully saturated rings. The lowest BCUT2D eigenvalue weighted by atomic mass is 9.87. The summed E-state index contributed by atoms with van der Waals surface area (Å²) < 4.78 is 0. The molecule has 19 heavy (non-hydrogen) atoms. The van der Waals surface area contributed by atoms with Gasteiger partial charge in [0.25, 0.3) is 0 Å². The van der Waals surface area contributed by atoms with Crippen molar-refractivity contribution in [3.63, 3.8) is 0 Å². The molecule has 0 amide bonds. The van der Waals surface area contributed by atoms with E-state index in [4.69, 9.17) is 0 Å². The second-order valence-electron chi connectivity index (χ2n) is 5.43. The van der Waals surface area contributed by atoms with Crippen LogP contribution in [0.25, 0.3) is 11.1 Å². The molecule has 0 saturated carbocycles. The zero-order chi connectivity index (χ0) is 13.6. The number of benzene rings is 2. The number of fused-ring (bicyclic) bond motifs is 3. The number of aliphatic hydroxyl groups is 2. The second kappa shape index (κ2) is 4.19. The van der Waals surface area contributed by atoms with Gasteiger partial charge in [-0.25, -0.2) is 0 Å². The van der Waals surface area contributed by atoms with Gasteiger partial charge in [-0.1, -0.05) is 47.5 Å². The molecule has 1 aliphatic carbocycles. The first-order valence-electron chi connectivity index (χ1n) is 6.62. The van der Waals surface area contributed by atoms with Crippen molar-refractivity contribution >= 4 is 0 Å². The van der Waals surface area contributed by atoms with Crippen LogP contribution in [0.1, 0.15) is 28.7 Å². The van der Waals surface area contributed by atoms with Crippen LogP contribution in [-0.2, 0) is 5.60 Å². The highest BCUT2D eigenvalue weighted by atomic mass is 16.3. The molecular weight excluding hydrogens is 236 g/mol. The summed E-state index contributed by atoms with van der Waals surface area (Å²) in [7, 11) is 0. The number of hydrogen-bond donors (Lipinski definition) is 2. The zero-order valence-electron chi connectivity index (χ0n) is 11.3. The zero-order valence-corrected chi connectivity index (χ0v) is 11.3. The predicted molar refractivity (Wildman–Crippen MR) is 76.1 cm³/mol. The van der Waals surface area contributed by atoms with Crippen molar-refractivity contribution in [3.8, 4) is 11.1 Å². The Morgan fingerprint density at radius 3 is 1.79 bits per heavy atom. The van der Waals surface area contributed by atoms with Crippen molar-refractivity contribution in [1.29, 1.82) is 0 Å². The quantitative estimate of drug-likeness (QED) is 0.865. The summed E-state index contributed by atoms with van der Waals surface area (Å²) in [5.74, 6) is 0. The standard InChI is InChI=1S/C17H18O2/c1-11-3-5-13-14-6-4-12(2)10-16(14)17(19,7-8-18)15(13)9-11/h3-6,9-10,18-19H,7-8H2,1-2H3. The highest BCUT2D eigenvalue weighted by molar-refractivity contribution is 5.80. The highest BCUT2D eigenvalue weighted by Crippen LogP contribution is 2.49. The topological polar surface area (TPSA) is 40.5 Å². The Balaban J connectivity index is 2.32. The SMILES string of the molecule is Cc1ccc2c(c1)C(O)(CCO)c1cc(C)ccc1-2. The first kappa shape index (κ1) is 12.4. The minimum absolute atomic E-state index is 0.0305. The molecule has 2 aromatic rings. The van der Waals surface area contributed by atoms with Gasteiger partial charge in [-0.3, -0.25) is 0 Å². The first-order chi connectivity index (χ1) is 9.06. The largest absolute Gasteiger partial charge is 0.396 e. The van der Waals surface area contributed by atoms with Gasteiger partial charge in [-0.15, -0.1) is 0 Å².